The minimum Gasteiger partial charge on any atom is -0.348 e. The van der Waals surface area contributed by atoms with Crippen LogP contribution in [-0.2, 0) is 9.84 Å². The summed E-state index contributed by atoms with van der Waals surface area (Å²) in [4.78, 5) is 17.3. The zero-order valence-corrected chi connectivity index (χ0v) is 18.0. The van der Waals surface area contributed by atoms with Gasteiger partial charge in [0.15, 0.2) is 15.0 Å². The largest absolute Gasteiger partial charge is 0.348 e. The molecule has 0 spiro atoms. The van der Waals surface area contributed by atoms with E-state index in [0.29, 0.717) is 25.9 Å². The molecular weight excluding hydrogens is 422 g/mol. The summed E-state index contributed by atoms with van der Waals surface area (Å²) in [7, 11) is -3.62. The number of hydrogen-bond acceptors (Lipinski definition) is 7. The van der Waals surface area contributed by atoms with E-state index < -0.39 is 20.0 Å². The number of rotatable bonds is 5. The number of aromatic nitrogens is 1. The van der Waals surface area contributed by atoms with Gasteiger partial charge in [-0.2, -0.15) is 0 Å². The molecule has 0 radical (unpaired) electrons. The third kappa shape index (κ3) is 3.95. The number of thiazole rings is 1. The van der Waals surface area contributed by atoms with Gasteiger partial charge in [-0.15, -0.1) is 11.3 Å². The van der Waals surface area contributed by atoms with Crippen LogP contribution in [0.25, 0.3) is 11.3 Å². The maximum Gasteiger partial charge on any atom is 0.270 e. The predicted molar refractivity (Wildman–Crippen MR) is 118 cm³/mol. The van der Waals surface area contributed by atoms with Gasteiger partial charge in [-0.05, 0) is 31.4 Å². The molecule has 1 aliphatic rings. The van der Waals surface area contributed by atoms with Gasteiger partial charge in [0.05, 0.1) is 20.8 Å². The number of piperidine rings is 1. The lowest BCUT2D eigenvalue weighted by atomic mass is 10.1. The zero-order valence-electron chi connectivity index (χ0n) is 16.4. The number of nitro benzene ring substituents is 1. The van der Waals surface area contributed by atoms with Crippen molar-refractivity contribution in [3.05, 3.63) is 69.6 Å². The van der Waals surface area contributed by atoms with Gasteiger partial charge in [-0.1, -0.05) is 30.3 Å². The van der Waals surface area contributed by atoms with Crippen molar-refractivity contribution in [3.8, 4) is 11.3 Å². The van der Waals surface area contributed by atoms with E-state index in [9.17, 15) is 18.5 Å². The van der Waals surface area contributed by atoms with Crippen molar-refractivity contribution in [1.82, 2.24) is 4.98 Å². The number of hydrogen-bond donors (Lipinski definition) is 0. The fourth-order valence-electron chi connectivity index (χ4n) is 3.72. The van der Waals surface area contributed by atoms with E-state index in [-0.39, 0.29) is 10.6 Å². The van der Waals surface area contributed by atoms with Gasteiger partial charge in [0, 0.05) is 36.2 Å². The minimum atomic E-state index is -3.62. The van der Waals surface area contributed by atoms with Gasteiger partial charge in [-0.25, -0.2) is 13.4 Å². The van der Waals surface area contributed by atoms with Crippen molar-refractivity contribution >= 4 is 32.0 Å². The van der Waals surface area contributed by atoms with Gasteiger partial charge in [0.2, 0.25) is 0 Å². The van der Waals surface area contributed by atoms with E-state index in [4.69, 9.17) is 4.98 Å². The van der Waals surface area contributed by atoms with Gasteiger partial charge < -0.3 is 4.90 Å². The Kier molecular flexibility index (Phi) is 5.57. The summed E-state index contributed by atoms with van der Waals surface area (Å²) in [6.45, 7) is 3.22. The molecule has 156 valence electrons. The molecule has 2 heterocycles. The molecule has 0 aliphatic carbocycles. The second-order valence-electron chi connectivity index (χ2n) is 7.32. The van der Waals surface area contributed by atoms with Crippen LogP contribution in [0.15, 0.2) is 58.8 Å². The topological polar surface area (TPSA) is 93.4 Å². The monoisotopic (exact) mass is 443 g/mol. The molecule has 9 heteroatoms. The quantitative estimate of drug-likeness (QED) is 0.427. The molecule has 1 aromatic heterocycles. The van der Waals surface area contributed by atoms with Crippen molar-refractivity contribution in [1.29, 1.82) is 0 Å². The molecule has 0 N–H and O–H groups in total. The summed E-state index contributed by atoms with van der Waals surface area (Å²) in [5.74, 6) is 0. The van der Waals surface area contributed by atoms with E-state index >= 15 is 0 Å². The summed E-state index contributed by atoms with van der Waals surface area (Å²) < 4.78 is 26.0. The Morgan fingerprint density at radius 2 is 1.87 bits per heavy atom. The SMILES string of the molecule is Cc1ccccc1-c1csc(N2CCC(S(=O)(=O)c3cccc([N+](=O)[O-])c3)CC2)n1. The second-order valence-corrected chi connectivity index (χ2v) is 10.4. The third-order valence-corrected chi connectivity index (χ3v) is 8.58. The highest BCUT2D eigenvalue weighted by atomic mass is 32.2. The molecule has 3 aromatic rings. The highest BCUT2D eigenvalue weighted by molar-refractivity contribution is 7.92. The highest BCUT2D eigenvalue weighted by Crippen LogP contribution is 2.33. The Labute approximate surface area is 179 Å². The fraction of sp³-hybridized carbons (Fsp3) is 0.286. The first-order valence-electron chi connectivity index (χ1n) is 9.61. The van der Waals surface area contributed by atoms with Crippen LogP contribution in [0.4, 0.5) is 10.8 Å². The molecule has 0 amide bonds. The van der Waals surface area contributed by atoms with Gasteiger partial charge in [0.1, 0.15) is 0 Å². The lowest BCUT2D eigenvalue weighted by Crippen LogP contribution is -2.39. The van der Waals surface area contributed by atoms with Crippen LogP contribution in [0.2, 0.25) is 0 Å². The Balaban J connectivity index is 1.47. The van der Waals surface area contributed by atoms with E-state index in [1.54, 1.807) is 11.3 Å². The van der Waals surface area contributed by atoms with Crippen molar-refractivity contribution in [2.75, 3.05) is 18.0 Å². The van der Waals surface area contributed by atoms with Crippen LogP contribution in [0.5, 0.6) is 0 Å². The maximum absolute atomic E-state index is 13.0. The van der Waals surface area contributed by atoms with Crippen LogP contribution >= 0.6 is 11.3 Å². The third-order valence-electron chi connectivity index (χ3n) is 5.42. The number of benzene rings is 2. The molecule has 1 fully saturated rings. The summed E-state index contributed by atoms with van der Waals surface area (Å²) in [6, 6.07) is 13.4. The summed E-state index contributed by atoms with van der Waals surface area (Å²) in [5, 5.41) is 13.4. The van der Waals surface area contributed by atoms with Gasteiger partial charge >= 0.3 is 0 Å². The Hall–Kier alpha value is -2.78. The summed E-state index contributed by atoms with van der Waals surface area (Å²) >= 11 is 1.56. The number of nitrogens with zero attached hydrogens (tertiary/aromatic N) is 3. The smallest absolute Gasteiger partial charge is 0.270 e. The average molecular weight is 444 g/mol. The van der Waals surface area contributed by atoms with Gasteiger partial charge in [0.25, 0.3) is 5.69 Å². The van der Waals surface area contributed by atoms with Crippen LogP contribution < -0.4 is 4.90 Å². The summed E-state index contributed by atoms with van der Waals surface area (Å²) in [6.07, 6.45) is 0.925. The Morgan fingerprint density at radius 1 is 1.13 bits per heavy atom. The van der Waals surface area contributed by atoms with Crippen molar-refractivity contribution in [2.45, 2.75) is 29.9 Å². The molecule has 0 bridgehead atoms. The van der Waals surface area contributed by atoms with Crippen LogP contribution in [-0.4, -0.2) is 36.7 Å². The fourth-order valence-corrected chi connectivity index (χ4v) is 6.37. The van der Waals surface area contributed by atoms with Gasteiger partial charge in [-0.3, -0.25) is 10.1 Å². The number of aryl methyl sites for hydroxylation is 1. The average Bonchev–Trinajstić information content (AvgIpc) is 3.24. The second kappa shape index (κ2) is 8.16. The first kappa shape index (κ1) is 20.5. The van der Waals surface area contributed by atoms with Crippen molar-refractivity contribution in [2.24, 2.45) is 0 Å². The first-order chi connectivity index (χ1) is 14.4. The van der Waals surface area contributed by atoms with E-state index in [2.05, 4.69) is 17.9 Å². The van der Waals surface area contributed by atoms with Crippen molar-refractivity contribution < 1.29 is 13.3 Å². The lowest BCUT2D eigenvalue weighted by Gasteiger charge is -2.31. The number of anilines is 1. The zero-order chi connectivity index (χ0) is 21.3. The molecule has 4 rings (SSSR count). The normalized spacial score (nSPS) is 15.3. The summed E-state index contributed by atoms with van der Waals surface area (Å²) in [5.41, 5.74) is 2.98. The number of nitro groups is 1. The van der Waals surface area contributed by atoms with Crippen LogP contribution in [0.1, 0.15) is 18.4 Å². The minimum absolute atomic E-state index is 0.0197. The van der Waals surface area contributed by atoms with E-state index in [0.717, 1.165) is 28.0 Å². The predicted octanol–water partition coefficient (Wildman–Crippen LogP) is 4.47. The molecule has 0 unspecified atom stereocenters. The number of sulfone groups is 1. The van der Waals surface area contributed by atoms with E-state index in [1.807, 2.05) is 23.6 Å². The molecule has 0 atom stereocenters. The van der Waals surface area contributed by atoms with Crippen LogP contribution in [0.3, 0.4) is 0 Å². The molecule has 30 heavy (non-hydrogen) atoms. The first-order valence-corrected chi connectivity index (χ1v) is 12.0. The molecular formula is C21H21N3O4S2. The highest BCUT2D eigenvalue weighted by Gasteiger charge is 2.33. The van der Waals surface area contributed by atoms with Crippen LogP contribution in [0, 0.1) is 17.0 Å². The Bertz CT molecular complexity index is 1180. The molecule has 7 nitrogen and oxygen atoms in total. The maximum atomic E-state index is 13.0. The molecule has 1 saturated heterocycles. The van der Waals surface area contributed by atoms with Crippen molar-refractivity contribution in [3.63, 3.8) is 0 Å². The molecule has 0 saturated carbocycles. The molecule has 1 aliphatic heterocycles. The van der Waals surface area contributed by atoms with E-state index in [1.165, 1.54) is 18.2 Å². The molecule has 2 aromatic carbocycles. The number of non-ortho nitro benzene ring substituents is 1. The lowest BCUT2D eigenvalue weighted by molar-refractivity contribution is -0.385. The standard InChI is InChI=1S/C21H21N3O4S2/c1-15-5-2-3-8-19(15)20-14-29-21(22-20)23-11-9-17(10-12-23)30(27,28)18-7-4-6-16(13-18)24(25)26/h2-8,13-14,17H,9-12H2,1H3. The Morgan fingerprint density at radius 3 is 2.57 bits per heavy atom.